The molecule has 0 fully saturated rings. The normalized spacial score (nSPS) is 12.1. The van der Waals surface area contributed by atoms with E-state index in [4.69, 9.17) is 5.73 Å². The number of hydrogen-bond acceptors (Lipinski definition) is 4. The van der Waals surface area contributed by atoms with Crippen LogP contribution in [0.3, 0.4) is 0 Å². The third-order valence-electron chi connectivity index (χ3n) is 2.86. The molecule has 0 aliphatic carbocycles. The van der Waals surface area contributed by atoms with E-state index >= 15 is 0 Å². The molecule has 1 amide bonds. The Bertz CT molecular complexity index is 533. The molecule has 1 unspecified atom stereocenters. The molecule has 1 atom stereocenters. The van der Waals surface area contributed by atoms with Crippen LogP contribution in [0.1, 0.15) is 26.2 Å². The second-order valence-corrected chi connectivity index (χ2v) is 4.78. The van der Waals surface area contributed by atoms with E-state index in [2.05, 4.69) is 15.5 Å². The highest BCUT2D eigenvalue weighted by atomic mass is 16.1. The number of nitrogens with one attached hydrogen (secondary N) is 1. The van der Waals surface area contributed by atoms with Gasteiger partial charge in [0.1, 0.15) is 0 Å². The molecule has 0 aliphatic rings. The lowest BCUT2D eigenvalue weighted by Crippen LogP contribution is -2.16. The third-order valence-corrected chi connectivity index (χ3v) is 2.86. The Morgan fingerprint density at radius 3 is 2.55 bits per heavy atom. The molecule has 0 saturated heterocycles. The molecule has 0 spiro atoms. The van der Waals surface area contributed by atoms with Crippen molar-refractivity contribution in [1.29, 1.82) is 0 Å². The summed E-state index contributed by atoms with van der Waals surface area (Å²) in [6.45, 7) is 1.94. The number of amides is 1. The van der Waals surface area contributed by atoms with Crippen molar-refractivity contribution in [1.82, 2.24) is 15.0 Å². The van der Waals surface area contributed by atoms with Gasteiger partial charge in [0.2, 0.25) is 5.91 Å². The average Bonchev–Trinajstić information content (AvgIpc) is 2.93. The first-order valence-electron chi connectivity index (χ1n) is 6.67. The van der Waals surface area contributed by atoms with Crippen molar-refractivity contribution in [2.75, 3.05) is 5.32 Å². The second kappa shape index (κ2) is 6.81. The molecule has 6 heteroatoms. The first kappa shape index (κ1) is 14.2. The van der Waals surface area contributed by atoms with E-state index in [1.165, 1.54) is 4.80 Å². The van der Waals surface area contributed by atoms with Crippen molar-refractivity contribution in [3.63, 3.8) is 0 Å². The lowest BCUT2D eigenvalue weighted by Gasteiger charge is -2.07. The molecule has 1 aromatic carbocycles. The van der Waals surface area contributed by atoms with Crippen LogP contribution < -0.4 is 11.1 Å². The fourth-order valence-electron chi connectivity index (χ4n) is 1.84. The Hall–Kier alpha value is -2.21. The molecule has 2 aromatic rings. The summed E-state index contributed by atoms with van der Waals surface area (Å²) in [5.41, 5.74) is 7.27. The largest absolute Gasteiger partial charge is 0.328 e. The Balaban J connectivity index is 1.86. The molecule has 106 valence electrons. The lowest BCUT2D eigenvalue weighted by molar-refractivity contribution is -0.116. The summed E-state index contributed by atoms with van der Waals surface area (Å²) >= 11 is 0. The zero-order valence-electron chi connectivity index (χ0n) is 11.5. The monoisotopic (exact) mass is 273 g/mol. The van der Waals surface area contributed by atoms with Crippen LogP contribution in [-0.4, -0.2) is 26.9 Å². The quantitative estimate of drug-likeness (QED) is 0.839. The van der Waals surface area contributed by atoms with Gasteiger partial charge >= 0.3 is 0 Å². The molecule has 3 N–H and O–H groups in total. The fraction of sp³-hybridized carbons (Fsp3) is 0.357. The molecule has 0 radical (unpaired) electrons. The number of rotatable bonds is 6. The molecule has 0 saturated carbocycles. The van der Waals surface area contributed by atoms with Crippen molar-refractivity contribution in [3.8, 4) is 5.69 Å². The van der Waals surface area contributed by atoms with Crippen molar-refractivity contribution in [2.45, 2.75) is 32.2 Å². The zero-order valence-corrected chi connectivity index (χ0v) is 11.5. The van der Waals surface area contributed by atoms with Gasteiger partial charge in [0.25, 0.3) is 0 Å². The highest BCUT2D eigenvalue weighted by Gasteiger charge is 2.04. The summed E-state index contributed by atoms with van der Waals surface area (Å²) in [7, 11) is 0. The van der Waals surface area contributed by atoms with Gasteiger partial charge in [-0.15, -0.1) is 0 Å². The number of carbonyl (C=O) groups excluding carboxylic acids is 1. The summed E-state index contributed by atoms with van der Waals surface area (Å²) in [4.78, 5) is 13.2. The molecular weight excluding hydrogens is 254 g/mol. The van der Waals surface area contributed by atoms with E-state index in [0.29, 0.717) is 6.42 Å². The van der Waals surface area contributed by atoms with E-state index in [-0.39, 0.29) is 11.9 Å². The summed E-state index contributed by atoms with van der Waals surface area (Å²) in [6, 6.07) is 7.53. The van der Waals surface area contributed by atoms with Gasteiger partial charge < -0.3 is 11.1 Å². The van der Waals surface area contributed by atoms with Gasteiger partial charge in [-0.3, -0.25) is 4.79 Å². The lowest BCUT2D eigenvalue weighted by atomic mass is 10.1. The number of nitrogens with zero attached hydrogens (tertiary/aromatic N) is 3. The van der Waals surface area contributed by atoms with Gasteiger partial charge in [-0.1, -0.05) is 0 Å². The van der Waals surface area contributed by atoms with Crippen LogP contribution in [0.15, 0.2) is 36.7 Å². The number of hydrogen-bond donors (Lipinski definition) is 2. The van der Waals surface area contributed by atoms with E-state index in [9.17, 15) is 4.79 Å². The van der Waals surface area contributed by atoms with Crippen LogP contribution in [-0.2, 0) is 4.79 Å². The van der Waals surface area contributed by atoms with E-state index in [0.717, 1.165) is 24.2 Å². The SMILES string of the molecule is CC(N)CCCC(=O)Nc1ccc(-n2nccn2)cc1. The highest BCUT2D eigenvalue weighted by Crippen LogP contribution is 2.12. The molecular formula is C14H19N5O. The van der Waals surface area contributed by atoms with Crippen LogP contribution >= 0.6 is 0 Å². The van der Waals surface area contributed by atoms with Crippen LogP contribution in [0.5, 0.6) is 0 Å². The van der Waals surface area contributed by atoms with Gasteiger partial charge in [-0.2, -0.15) is 15.0 Å². The Morgan fingerprint density at radius 2 is 1.95 bits per heavy atom. The predicted molar refractivity (Wildman–Crippen MR) is 77.5 cm³/mol. The van der Waals surface area contributed by atoms with E-state index < -0.39 is 0 Å². The van der Waals surface area contributed by atoms with Crippen molar-refractivity contribution in [3.05, 3.63) is 36.7 Å². The minimum atomic E-state index is 0.00983. The van der Waals surface area contributed by atoms with Gasteiger partial charge in [0.15, 0.2) is 0 Å². The maximum atomic E-state index is 11.7. The van der Waals surface area contributed by atoms with Crippen molar-refractivity contribution >= 4 is 11.6 Å². The smallest absolute Gasteiger partial charge is 0.224 e. The molecule has 6 nitrogen and oxygen atoms in total. The minimum Gasteiger partial charge on any atom is -0.328 e. The molecule has 0 bridgehead atoms. The summed E-state index contributed by atoms with van der Waals surface area (Å²) < 4.78 is 0. The average molecular weight is 273 g/mol. The van der Waals surface area contributed by atoms with Crippen LogP contribution in [0.4, 0.5) is 5.69 Å². The van der Waals surface area contributed by atoms with Crippen LogP contribution in [0.25, 0.3) is 5.69 Å². The maximum Gasteiger partial charge on any atom is 0.224 e. The van der Waals surface area contributed by atoms with Gasteiger partial charge in [-0.25, -0.2) is 0 Å². The zero-order chi connectivity index (χ0) is 14.4. The molecule has 0 aliphatic heterocycles. The molecule has 1 heterocycles. The molecule has 2 rings (SSSR count). The number of aromatic nitrogens is 3. The Morgan fingerprint density at radius 1 is 1.30 bits per heavy atom. The van der Waals surface area contributed by atoms with Crippen molar-refractivity contribution in [2.24, 2.45) is 5.73 Å². The molecule has 1 aromatic heterocycles. The van der Waals surface area contributed by atoms with Crippen LogP contribution in [0.2, 0.25) is 0 Å². The minimum absolute atomic E-state index is 0.00983. The summed E-state index contributed by atoms with van der Waals surface area (Å²) in [5.74, 6) is 0.00983. The summed E-state index contributed by atoms with van der Waals surface area (Å²) in [5, 5.41) is 10.9. The van der Waals surface area contributed by atoms with E-state index in [1.54, 1.807) is 12.4 Å². The van der Waals surface area contributed by atoms with Gasteiger partial charge in [0, 0.05) is 18.2 Å². The van der Waals surface area contributed by atoms with Gasteiger partial charge in [0.05, 0.1) is 18.1 Å². The first-order chi connectivity index (χ1) is 9.65. The number of nitrogens with two attached hydrogens (primary N) is 1. The topological polar surface area (TPSA) is 85.8 Å². The maximum absolute atomic E-state index is 11.7. The number of carbonyl (C=O) groups is 1. The number of anilines is 1. The highest BCUT2D eigenvalue weighted by molar-refractivity contribution is 5.90. The van der Waals surface area contributed by atoms with Crippen LogP contribution in [0, 0.1) is 0 Å². The van der Waals surface area contributed by atoms with Gasteiger partial charge in [-0.05, 0) is 44.0 Å². The van der Waals surface area contributed by atoms with Crippen molar-refractivity contribution < 1.29 is 4.79 Å². The summed E-state index contributed by atoms with van der Waals surface area (Å²) in [6.07, 6.45) is 5.39. The second-order valence-electron chi connectivity index (χ2n) is 4.78. The standard InChI is InChI=1S/C14H19N5O/c1-11(15)3-2-4-14(20)18-12-5-7-13(8-6-12)19-16-9-10-17-19/h5-11H,2-4,15H2,1H3,(H,18,20). The fourth-order valence-corrected chi connectivity index (χ4v) is 1.84. The molecule has 20 heavy (non-hydrogen) atoms. The Kier molecular flexibility index (Phi) is 4.84. The number of benzene rings is 1. The third kappa shape index (κ3) is 4.17. The first-order valence-corrected chi connectivity index (χ1v) is 6.67. The Labute approximate surface area is 118 Å². The van der Waals surface area contributed by atoms with E-state index in [1.807, 2.05) is 31.2 Å². The predicted octanol–water partition coefficient (Wildman–Crippen LogP) is 1.72.